The number of halogens is 1. The van der Waals surface area contributed by atoms with Crippen LogP contribution in [-0.4, -0.2) is 9.55 Å². The van der Waals surface area contributed by atoms with Gasteiger partial charge in [0.1, 0.15) is 5.82 Å². The van der Waals surface area contributed by atoms with Crippen molar-refractivity contribution in [2.45, 2.75) is 13.5 Å². The monoisotopic (exact) mass is 218 g/mol. The molecule has 2 rings (SSSR count). The van der Waals surface area contributed by atoms with E-state index in [2.05, 4.69) is 4.98 Å². The molecule has 0 radical (unpaired) electrons. The van der Waals surface area contributed by atoms with Crippen molar-refractivity contribution in [1.29, 1.82) is 0 Å². The summed E-state index contributed by atoms with van der Waals surface area (Å²) in [6, 6.07) is 6.19. The van der Waals surface area contributed by atoms with Crippen LogP contribution in [0, 0.1) is 12.7 Å². The number of benzene rings is 1. The van der Waals surface area contributed by atoms with Crippen molar-refractivity contribution in [3.8, 4) is 0 Å². The maximum atomic E-state index is 12.9. The molecule has 0 aliphatic heterocycles. The molecule has 0 spiro atoms. The summed E-state index contributed by atoms with van der Waals surface area (Å²) >= 11 is 0. The van der Waals surface area contributed by atoms with Crippen molar-refractivity contribution < 1.29 is 4.39 Å². The van der Waals surface area contributed by atoms with Gasteiger partial charge in [-0.1, -0.05) is 12.1 Å². The van der Waals surface area contributed by atoms with Crippen LogP contribution >= 0.6 is 0 Å². The summed E-state index contributed by atoms with van der Waals surface area (Å²) in [7, 11) is 0. The van der Waals surface area contributed by atoms with Crippen LogP contribution in [0.1, 0.15) is 11.1 Å². The van der Waals surface area contributed by atoms with E-state index in [0.29, 0.717) is 6.54 Å². The third kappa shape index (κ3) is 2.34. The molecule has 4 heteroatoms. The normalized spacial score (nSPS) is 10.4. The van der Waals surface area contributed by atoms with Gasteiger partial charge in [0.2, 0.25) is 0 Å². The SMILES string of the molecule is Cc1cnc(=O)n(Cc2cccc(F)c2)c1. The lowest BCUT2D eigenvalue weighted by molar-refractivity contribution is 0.622. The lowest BCUT2D eigenvalue weighted by Gasteiger charge is -2.05. The molecule has 0 saturated carbocycles. The van der Waals surface area contributed by atoms with Gasteiger partial charge in [-0.05, 0) is 30.2 Å². The molecule has 0 aliphatic carbocycles. The van der Waals surface area contributed by atoms with Gasteiger partial charge in [0.15, 0.2) is 0 Å². The summed E-state index contributed by atoms with van der Waals surface area (Å²) in [6.07, 6.45) is 3.23. The van der Waals surface area contributed by atoms with Gasteiger partial charge in [-0.3, -0.25) is 4.57 Å². The summed E-state index contributed by atoms with van der Waals surface area (Å²) < 4.78 is 14.4. The van der Waals surface area contributed by atoms with Gasteiger partial charge in [-0.2, -0.15) is 0 Å². The molecular formula is C12H11FN2O. The summed E-state index contributed by atoms with van der Waals surface area (Å²) in [5.41, 5.74) is 1.32. The first kappa shape index (κ1) is 10.5. The lowest BCUT2D eigenvalue weighted by atomic mass is 10.2. The van der Waals surface area contributed by atoms with Crippen molar-refractivity contribution in [2.24, 2.45) is 0 Å². The highest BCUT2D eigenvalue weighted by Gasteiger charge is 2.00. The molecule has 1 aromatic heterocycles. The zero-order valence-electron chi connectivity index (χ0n) is 8.85. The van der Waals surface area contributed by atoms with Crippen LogP contribution in [0.3, 0.4) is 0 Å². The Balaban J connectivity index is 2.34. The average Bonchev–Trinajstić information content (AvgIpc) is 2.24. The second-order valence-corrected chi connectivity index (χ2v) is 3.67. The Morgan fingerprint density at radius 3 is 3.00 bits per heavy atom. The zero-order valence-corrected chi connectivity index (χ0v) is 8.85. The number of hydrogen-bond acceptors (Lipinski definition) is 2. The first-order chi connectivity index (χ1) is 7.65. The molecule has 3 nitrogen and oxygen atoms in total. The Labute approximate surface area is 92.2 Å². The molecule has 0 atom stereocenters. The maximum absolute atomic E-state index is 12.9. The highest BCUT2D eigenvalue weighted by atomic mass is 19.1. The molecular weight excluding hydrogens is 207 g/mol. The van der Waals surface area contributed by atoms with Gasteiger partial charge >= 0.3 is 5.69 Å². The van der Waals surface area contributed by atoms with E-state index >= 15 is 0 Å². The Bertz CT molecular complexity index is 563. The second kappa shape index (κ2) is 4.26. The van der Waals surface area contributed by atoms with Crippen molar-refractivity contribution >= 4 is 0 Å². The van der Waals surface area contributed by atoms with E-state index in [1.54, 1.807) is 18.3 Å². The summed E-state index contributed by atoms with van der Waals surface area (Å²) in [5, 5.41) is 0. The fourth-order valence-corrected chi connectivity index (χ4v) is 1.51. The number of rotatable bonds is 2. The van der Waals surface area contributed by atoms with E-state index in [4.69, 9.17) is 0 Å². The molecule has 0 unspecified atom stereocenters. The Hall–Kier alpha value is -1.97. The van der Waals surface area contributed by atoms with Crippen LogP contribution in [0.15, 0.2) is 41.5 Å². The van der Waals surface area contributed by atoms with Gasteiger partial charge in [0.25, 0.3) is 0 Å². The molecule has 1 heterocycles. The molecule has 0 saturated heterocycles. The summed E-state index contributed by atoms with van der Waals surface area (Å²) in [5.74, 6) is -0.300. The number of aromatic nitrogens is 2. The van der Waals surface area contributed by atoms with Crippen LogP contribution in [0.5, 0.6) is 0 Å². The minimum Gasteiger partial charge on any atom is -0.294 e. The molecule has 2 aromatic rings. The van der Waals surface area contributed by atoms with Crippen LogP contribution in [0.2, 0.25) is 0 Å². The highest BCUT2D eigenvalue weighted by molar-refractivity contribution is 5.17. The molecule has 82 valence electrons. The standard InChI is InChI=1S/C12H11FN2O/c1-9-6-14-12(16)15(7-9)8-10-3-2-4-11(13)5-10/h2-7H,8H2,1H3. The second-order valence-electron chi connectivity index (χ2n) is 3.67. The smallest absolute Gasteiger partial charge is 0.294 e. The van der Waals surface area contributed by atoms with Crippen molar-refractivity contribution in [1.82, 2.24) is 9.55 Å². The molecule has 16 heavy (non-hydrogen) atoms. The zero-order chi connectivity index (χ0) is 11.5. The lowest BCUT2D eigenvalue weighted by Crippen LogP contribution is -2.22. The Morgan fingerprint density at radius 1 is 1.44 bits per heavy atom. The number of hydrogen-bond donors (Lipinski definition) is 0. The van der Waals surface area contributed by atoms with E-state index in [1.165, 1.54) is 22.9 Å². The Morgan fingerprint density at radius 2 is 2.25 bits per heavy atom. The van der Waals surface area contributed by atoms with E-state index < -0.39 is 0 Å². The molecule has 1 aromatic carbocycles. The van der Waals surface area contributed by atoms with Gasteiger partial charge in [-0.25, -0.2) is 14.2 Å². The molecule has 0 aliphatic rings. The van der Waals surface area contributed by atoms with Crippen molar-refractivity contribution in [3.05, 3.63) is 64.1 Å². The highest BCUT2D eigenvalue weighted by Crippen LogP contribution is 2.04. The summed E-state index contributed by atoms with van der Waals surface area (Å²) in [4.78, 5) is 15.1. The van der Waals surface area contributed by atoms with Crippen molar-refractivity contribution in [3.63, 3.8) is 0 Å². The number of nitrogens with zero attached hydrogens (tertiary/aromatic N) is 2. The molecule has 0 N–H and O–H groups in total. The van der Waals surface area contributed by atoms with E-state index in [-0.39, 0.29) is 11.5 Å². The largest absolute Gasteiger partial charge is 0.347 e. The Kier molecular flexibility index (Phi) is 2.81. The average molecular weight is 218 g/mol. The minimum atomic E-state index is -0.324. The third-order valence-electron chi connectivity index (χ3n) is 2.23. The predicted molar refractivity (Wildman–Crippen MR) is 58.7 cm³/mol. The van der Waals surface area contributed by atoms with Gasteiger partial charge in [-0.15, -0.1) is 0 Å². The van der Waals surface area contributed by atoms with Crippen LogP contribution in [0.4, 0.5) is 4.39 Å². The minimum absolute atomic E-state index is 0.300. The third-order valence-corrected chi connectivity index (χ3v) is 2.23. The van der Waals surface area contributed by atoms with E-state index in [1.807, 2.05) is 6.92 Å². The first-order valence-electron chi connectivity index (χ1n) is 4.93. The maximum Gasteiger partial charge on any atom is 0.347 e. The van der Waals surface area contributed by atoms with Gasteiger partial charge in [0.05, 0.1) is 6.54 Å². The van der Waals surface area contributed by atoms with E-state index in [9.17, 15) is 9.18 Å². The van der Waals surface area contributed by atoms with Crippen LogP contribution in [0.25, 0.3) is 0 Å². The van der Waals surface area contributed by atoms with Crippen LogP contribution in [-0.2, 0) is 6.54 Å². The summed E-state index contributed by atoms with van der Waals surface area (Å²) in [6.45, 7) is 2.19. The first-order valence-corrected chi connectivity index (χ1v) is 4.93. The number of aryl methyl sites for hydroxylation is 1. The van der Waals surface area contributed by atoms with Gasteiger partial charge < -0.3 is 0 Å². The van der Waals surface area contributed by atoms with Crippen LogP contribution < -0.4 is 5.69 Å². The topological polar surface area (TPSA) is 34.9 Å². The quantitative estimate of drug-likeness (QED) is 0.769. The van der Waals surface area contributed by atoms with Crippen molar-refractivity contribution in [2.75, 3.05) is 0 Å². The predicted octanol–water partition coefficient (Wildman–Crippen LogP) is 1.74. The van der Waals surface area contributed by atoms with E-state index in [0.717, 1.165) is 11.1 Å². The fourth-order valence-electron chi connectivity index (χ4n) is 1.51. The molecule has 0 bridgehead atoms. The molecule has 0 amide bonds. The fraction of sp³-hybridized carbons (Fsp3) is 0.167. The van der Waals surface area contributed by atoms with Gasteiger partial charge in [0, 0.05) is 12.4 Å². The molecule has 0 fully saturated rings.